The summed E-state index contributed by atoms with van der Waals surface area (Å²) in [5, 5.41) is 0. The van der Waals surface area contributed by atoms with Crippen molar-refractivity contribution in [2.75, 3.05) is 6.54 Å². The maximum absolute atomic E-state index is 13.0. The summed E-state index contributed by atoms with van der Waals surface area (Å²) in [6.07, 6.45) is 0. The summed E-state index contributed by atoms with van der Waals surface area (Å²) in [6, 6.07) is 2.20. The molecule has 68 valence electrons. The largest absolute Gasteiger partial charge is 0.320 e. The highest BCUT2D eigenvalue weighted by atomic mass is 19.1. The number of rotatable bonds is 0. The lowest BCUT2D eigenvalue weighted by Gasteiger charge is -1.98. The molecule has 0 spiro atoms. The van der Waals surface area contributed by atoms with Gasteiger partial charge in [-0.2, -0.15) is 0 Å². The van der Waals surface area contributed by atoms with E-state index < -0.39 is 11.6 Å². The molecule has 0 aliphatic heterocycles. The second-order valence-corrected chi connectivity index (χ2v) is 2.59. The average Bonchev–Trinajstić information content (AvgIpc) is 2.09. The van der Waals surface area contributed by atoms with Crippen LogP contribution in [0, 0.1) is 30.4 Å². The van der Waals surface area contributed by atoms with Crippen molar-refractivity contribution in [3.05, 3.63) is 34.9 Å². The van der Waals surface area contributed by atoms with E-state index in [1.807, 2.05) is 0 Å². The quantitative estimate of drug-likeness (QED) is 0.604. The fraction of sp³-hybridized carbons (Fsp3) is 0.200. The van der Waals surface area contributed by atoms with Gasteiger partial charge in [0.1, 0.15) is 11.6 Å². The van der Waals surface area contributed by atoms with Crippen molar-refractivity contribution in [3.63, 3.8) is 0 Å². The fourth-order valence-corrected chi connectivity index (χ4v) is 0.899. The molecule has 3 heteroatoms. The van der Waals surface area contributed by atoms with Gasteiger partial charge in [0.25, 0.3) is 0 Å². The van der Waals surface area contributed by atoms with E-state index in [2.05, 4.69) is 11.8 Å². The lowest BCUT2D eigenvalue weighted by Crippen LogP contribution is -1.94. The van der Waals surface area contributed by atoms with Crippen LogP contribution in [-0.4, -0.2) is 6.54 Å². The Bertz CT molecular complexity index is 374. The van der Waals surface area contributed by atoms with Gasteiger partial charge in [-0.3, -0.25) is 0 Å². The monoisotopic (exact) mass is 181 g/mol. The molecular formula is C10H9F2N. The molecule has 0 amide bonds. The third-order valence-electron chi connectivity index (χ3n) is 1.57. The molecule has 0 bridgehead atoms. The zero-order valence-corrected chi connectivity index (χ0v) is 7.20. The van der Waals surface area contributed by atoms with Crippen molar-refractivity contribution >= 4 is 0 Å². The molecule has 0 heterocycles. The van der Waals surface area contributed by atoms with Gasteiger partial charge >= 0.3 is 0 Å². The molecule has 0 saturated carbocycles. The molecule has 1 aromatic carbocycles. The SMILES string of the molecule is Cc1cc(C#CCN)c(F)cc1F. The predicted molar refractivity (Wildman–Crippen MR) is 47.0 cm³/mol. The third kappa shape index (κ3) is 2.27. The van der Waals surface area contributed by atoms with E-state index in [9.17, 15) is 8.78 Å². The number of benzene rings is 1. The van der Waals surface area contributed by atoms with Crippen molar-refractivity contribution in [2.24, 2.45) is 5.73 Å². The molecule has 1 nitrogen and oxygen atoms in total. The minimum atomic E-state index is -0.649. The van der Waals surface area contributed by atoms with E-state index in [0.29, 0.717) is 5.56 Å². The van der Waals surface area contributed by atoms with Gasteiger partial charge in [-0.1, -0.05) is 11.8 Å². The molecule has 13 heavy (non-hydrogen) atoms. The molecule has 2 N–H and O–H groups in total. The van der Waals surface area contributed by atoms with Gasteiger partial charge < -0.3 is 5.73 Å². The summed E-state index contributed by atoms with van der Waals surface area (Å²) in [5.74, 6) is 3.82. The number of nitrogens with two attached hydrogens (primary N) is 1. The van der Waals surface area contributed by atoms with E-state index in [4.69, 9.17) is 5.73 Å². The number of hydrogen-bond donors (Lipinski definition) is 1. The van der Waals surface area contributed by atoms with Crippen LogP contribution in [0.1, 0.15) is 11.1 Å². The Hall–Kier alpha value is -1.40. The van der Waals surface area contributed by atoms with Crippen molar-refractivity contribution in [1.29, 1.82) is 0 Å². The van der Waals surface area contributed by atoms with Gasteiger partial charge in [0.2, 0.25) is 0 Å². The molecule has 1 aromatic rings. The maximum atomic E-state index is 13.0. The van der Waals surface area contributed by atoms with Crippen LogP contribution in [0.25, 0.3) is 0 Å². The van der Waals surface area contributed by atoms with Gasteiger partial charge in [0, 0.05) is 6.07 Å². The predicted octanol–water partition coefficient (Wildman–Crippen LogP) is 1.58. The molecule has 0 fully saturated rings. The van der Waals surface area contributed by atoms with Gasteiger partial charge in [-0.05, 0) is 18.6 Å². The molecule has 1 rings (SSSR count). The summed E-state index contributed by atoms with van der Waals surface area (Å²) in [7, 11) is 0. The summed E-state index contributed by atoms with van der Waals surface area (Å²) < 4.78 is 25.7. The highest BCUT2D eigenvalue weighted by molar-refractivity contribution is 5.38. The Morgan fingerprint density at radius 1 is 1.31 bits per heavy atom. The molecule has 0 unspecified atom stereocenters. The first-order chi connectivity index (χ1) is 6.15. The van der Waals surface area contributed by atoms with E-state index in [1.165, 1.54) is 6.07 Å². The fourth-order valence-electron chi connectivity index (χ4n) is 0.899. The first kappa shape index (κ1) is 9.69. The smallest absolute Gasteiger partial charge is 0.141 e. The summed E-state index contributed by atoms with van der Waals surface area (Å²) >= 11 is 0. The van der Waals surface area contributed by atoms with Gasteiger partial charge in [0.05, 0.1) is 12.1 Å². The van der Waals surface area contributed by atoms with Crippen molar-refractivity contribution in [1.82, 2.24) is 0 Å². The van der Waals surface area contributed by atoms with Crippen LogP contribution in [-0.2, 0) is 0 Å². The zero-order valence-electron chi connectivity index (χ0n) is 7.20. The van der Waals surface area contributed by atoms with Crippen LogP contribution < -0.4 is 5.73 Å². The first-order valence-corrected chi connectivity index (χ1v) is 3.79. The van der Waals surface area contributed by atoms with Crippen LogP contribution in [0.3, 0.4) is 0 Å². The summed E-state index contributed by atoms with van der Waals surface area (Å²) in [5.41, 5.74) is 5.69. The summed E-state index contributed by atoms with van der Waals surface area (Å²) in [6.45, 7) is 1.72. The Kier molecular flexibility index (Phi) is 2.99. The van der Waals surface area contributed by atoms with E-state index in [1.54, 1.807) is 6.92 Å². The van der Waals surface area contributed by atoms with E-state index in [0.717, 1.165) is 6.07 Å². The Morgan fingerprint density at radius 2 is 2.00 bits per heavy atom. The average molecular weight is 181 g/mol. The van der Waals surface area contributed by atoms with Crippen LogP contribution in [0.2, 0.25) is 0 Å². The molecule has 0 radical (unpaired) electrons. The number of hydrogen-bond acceptors (Lipinski definition) is 1. The number of aryl methyl sites for hydroxylation is 1. The highest BCUT2D eigenvalue weighted by Crippen LogP contribution is 2.12. The Balaban J connectivity index is 3.16. The minimum absolute atomic E-state index is 0.163. The van der Waals surface area contributed by atoms with Gasteiger partial charge in [-0.25, -0.2) is 8.78 Å². The van der Waals surface area contributed by atoms with E-state index in [-0.39, 0.29) is 12.1 Å². The van der Waals surface area contributed by atoms with Crippen LogP contribution in [0.15, 0.2) is 12.1 Å². The van der Waals surface area contributed by atoms with E-state index >= 15 is 0 Å². The summed E-state index contributed by atoms with van der Waals surface area (Å²) in [4.78, 5) is 0. The van der Waals surface area contributed by atoms with Crippen molar-refractivity contribution in [2.45, 2.75) is 6.92 Å². The zero-order chi connectivity index (χ0) is 9.84. The molecule has 0 aliphatic carbocycles. The second kappa shape index (κ2) is 4.01. The Labute approximate surface area is 75.6 Å². The topological polar surface area (TPSA) is 26.0 Å². The van der Waals surface area contributed by atoms with Crippen LogP contribution >= 0.6 is 0 Å². The standard InChI is InChI=1S/C10H9F2N/c1-7-5-8(3-2-4-13)10(12)6-9(7)11/h5-6H,4,13H2,1H3. The molecule has 0 aliphatic rings. The minimum Gasteiger partial charge on any atom is -0.320 e. The molecular weight excluding hydrogens is 172 g/mol. The lowest BCUT2D eigenvalue weighted by molar-refractivity contribution is 0.575. The number of halogens is 2. The normalized spacial score (nSPS) is 9.23. The highest BCUT2D eigenvalue weighted by Gasteiger charge is 2.04. The lowest BCUT2D eigenvalue weighted by atomic mass is 10.1. The van der Waals surface area contributed by atoms with Gasteiger partial charge in [0.15, 0.2) is 0 Å². The Morgan fingerprint density at radius 3 is 2.62 bits per heavy atom. The van der Waals surface area contributed by atoms with Crippen LogP contribution in [0.5, 0.6) is 0 Å². The second-order valence-electron chi connectivity index (χ2n) is 2.59. The molecule has 0 atom stereocenters. The molecule has 0 saturated heterocycles. The van der Waals surface area contributed by atoms with Crippen molar-refractivity contribution in [3.8, 4) is 11.8 Å². The maximum Gasteiger partial charge on any atom is 0.141 e. The molecule has 0 aromatic heterocycles. The van der Waals surface area contributed by atoms with Crippen LogP contribution in [0.4, 0.5) is 8.78 Å². The van der Waals surface area contributed by atoms with Gasteiger partial charge in [-0.15, -0.1) is 0 Å². The first-order valence-electron chi connectivity index (χ1n) is 3.79. The van der Waals surface area contributed by atoms with Crippen molar-refractivity contribution < 1.29 is 8.78 Å². The third-order valence-corrected chi connectivity index (χ3v) is 1.57.